The van der Waals surface area contributed by atoms with Crippen molar-refractivity contribution in [2.45, 2.75) is 37.9 Å². The summed E-state index contributed by atoms with van der Waals surface area (Å²) in [7, 11) is -3.61. The van der Waals surface area contributed by atoms with Crippen LogP contribution in [0.2, 0.25) is 0 Å². The molecule has 2 rings (SSSR count). The summed E-state index contributed by atoms with van der Waals surface area (Å²) in [5.74, 6) is 1.18. The molecule has 0 aliphatic carbocycles. The smallest absolute Gasteiger partial charge is 0.242 e. The van der Waals surface area contributed by atoms with Crippen LogP contribution >= 0.6 is 24.0 Å². The van der Waals surface area contributed by atoms with Crippen molar-refractivity contribution < 1.29 is 18.3 Å². The summed E-state index contributed by atoms with van der Waals surface area (Å²) in [4.78, 5) is 8.32. The van der Waals surface area contributed by atoms with Gasteiger partial charge in [0.15, 0.2) is 5.96 Å². The van der Waals surface area contributed by atoms with Crippen LogP contribution in [0.15, 0.2) is 58.7 Å². The van der Waals surface area contributed by atoms with E-state index in [2.05, 4.69) is 25.3 Å². The third-order valence-corrected chi connectivity index (χ3v) is 5.48. The highest BCUT2D eigenvalue weighted by Gasteiger charge is 2.13. The van der Waals surface area contributed by atoms with E-state index in [9.17, 15) is 13.5 Å². The molecule has 0 bridgehead atoms. The van der Waals surface area contributed by atoms with Crippen LogP contribution in [-0.4, -0.2) is 56.8 Å². The molecule has 1 aromatic carbocycles. The maximum atomic E-state index is 12.2. The molecule has 0 fully saturated rings. The first-order chi connectivity index (χ1) is 14.8. The van der Waals surface area contributed by atoms with E-state index in [1.54, 1.807) is 12.1 Å². The summed E-state index contributed by atoms with van der Waals surface area (Å²) >= 11 is 0. The van der Waals surface area contributed by atoms with E-state index < -0.39 is 16.1 Å². The minimum atomic E-state index is -3.61. The maximum absolute atomic E-state index is 12.2. The van der Waals surface area contributed by atoms with Gasteiger partial charge in [-0.2, -0.15) is 0 Å². The molecule has 11 heteroatoms. The van der Waals surface area contributed by atoms with Gasteiger partial charge in [-0.3, -0.25) is 9.98 Å². The van der Waals surface area contributed by atoms with E-state index >= 15 is 0 Å². The maximum Gasteiger partial charge on any atom is 0.242 e. The number of guanidine groups is 1. The minimum absolute atomic E-state index is 0. The number of sulfonamides is 1. The van der Waals surface area contributed by atoms with Crippen molar-refractivity contribution >= 4 is 40.0 Å². The molecule has 178 valence electrons. The molecule has 2 aromatic rings. The molecular weight excluding hydrogens is 545 g/mol. The van der Waals surface area contributed by atoms with Gasteiger partial charge in [0.25, 0.3) is 0 Å². The van der Waals surface area contributed by atoms with E-state index in [1.807, 2.05) is 39.0 Å². The third-order valence-electron chi connectivity index (χ3n) is 4.04. The first-order valence-electron chi connectivity index (χ1n) is 10.2. The quantitative estimate of drug-likeness (QED) is 0.140. The van der Waals surface area contributed by atoms with Crippen molar-refractivity contribution in [1.29, 1.82) is 0 Å². The third kappa shape index (κ3) is 9.67. The van der Waals surface area contributed by atoms with Crippen LogP contribution in [0.4, 0.5) is 0 Å². The van der Waals surface area contributed by atoms with E-state index in [0.29, 0.717) is 30.4 Å². The second-order valence-electron chi connectivity index (χ2n) is 6.99. The van der Waals surface area contributed by atoms with Crippen LogP contribution in [0.5, 0.6) is 5.75 Å². The van der Waals surface area contributed by atoms with Crippen molar-refractivity contribution in [3.63, 3.8) is 0 Å². The largest absolute Gasteiger partial charge is 0.491 e. The molecule has 0 aliphatic rings. The predicted octanol–water partition coefficient (Wildman–Crippen LogP) is 2.05. The fourth-order valence-corrected chi connectivity index (χ4v) is 3.64. The van der Waals surface area contributed by atoms with Gasteiger partial charge in [-0.15, -0.1) is 24.0 Å². The number of rotatable bonds is 11. The van der Waals surface area contributed by atoms with Gasteiger partial charge in [0.2, 0.25) is 10.0 Å². The normalized spacial score (nSPS) is 12.7. The number of aliphatic hydroxyl groups is 1. The summed E-state index contributed by atoms with van der Waals surface area (Å²) < 4.78 is 32.6. The lowest BCUT2D eigenvalue weighted by Gasteiger charge is -2.15. The number of pyridine rings is 1. The van der Waals surface area contributed by atoms with E-state index in [0.717, 1.165) is 0 Å². The summed E-state index contributed by atoms with van der Waals surface area (Å²) in [6, 6.07) is 10.3. The van der Waals surface area contributed by atoms with Crippen molar-refractivity contribution in [2.24, 2.45) is 4.99 Å². The van der Waals surface area contributed by atoms with Gasteiger partial charge in [-0.05, 0) is 50.6 Å². The van der Waals surface area contributed by atoms with Gasteiger partial charge < -0.3 is 20.5 Å². The molecule has 1 atom stereocenters. The summed E-state index contributed by atoms with van der Waals surface area (Å²) in [5.41, 5.74) is 0.710. The Hall–Kier alpha value is -1.96. The summed E-state index contributed by atoms with van der Waals surface area (Å²) in [6.07, 6.45) is 2.06. The number of hydrogen-bond donors (Lipinski definition) is 4. The highest BCUT2D eigenvalue weighted by Crippen LogP contribution is 2.20. The molecule has 0 saturated heterocycles. The fourth-order valence-electron chi connectivity index (χ4n) is 2.65. The average molecular weight is 577 g/mol. The Morgan fingerprint density at radius 3 is 2.62 bits per heavy atom. The monoisotopic (exact) mass is 577 g/mol. The number of aromatic nitrogens is 1. The number of nitrogens with one attached hydrogen (secondary N) is 3. The van der Waals surface area contributed by atoms with Gasteiger partial charge in [-0.25, -0.2) is 13.1 Å². The van der Waals surface area contributed by atoms with Gasteiger partial charge in [0, 0.05) is 32.0 Å². The molecule has 0 saturated carbocycles. The molecule has 4 N–H and O–H groups in total. The van der Waals surface area contributed by atoms with E-state index in [-0.39, 0.29) is 48.1 Å². The lowest BCUT2D eigenvalue weighted by Crippen LogP contribution is -2.41. The molecular formula is C21H32IN5O4S. The van der Waals surface area contributed by atoms with Crippen molar-refractivity contribution in [3.05, 3.63) is 54.4 Å². The molecule has 1 unspecified atom stereocenters. The van der Waals surface area contributed by atoms with Crippen LogP contribution < -0.4 is 20.1 Å². The molecule has 0 aliphatic heterocycles. The SMILES string of the molecule is CCNC(=NCC(O)c1cccc(OC(C)C)c1)NCCNS(=O)(=O)c1cccnc1.I. The van der Waals surface area contributed by atoms with Gasteiger partial charge in [0.05, 0.1) is 18.8 Å². The zero-order valence-electron chi connectivity index (χ0n) is 18.5. The fraction of sp³-hybridized carbons (Fsp3) is 0.429. The number of ether oxygens (including phenoxy) is 1. The van der Waals surface area contributed by atoms with Crippen LogP contribution in [0.3, 0.4) is 0 Å². The van der Waals surface area contributed by atoms with E-state index in [4.69, 9.17) is 4.74 Å². The summed E-state index contributed by atoms with van der Waals surface area (Å²) in [6.45, 7) is 7.06. The molecule has 32 heavy (non-hydrogen) atoms. The Bertz CT molecular complexity index is 942. The Labute approximate surface area is 207 Å². The summed E-state index contributed by atoms with van der Waals surface area (Å²) in [5, 5.41) is 16.6. The van der Waals surface area contributed by atoms with Gasteiger partial charge in [-0.1, -0.05) is 12.1 Å². The first-order valence-corrected chi connectivity index (χ1v) is 11.7. The zero-order chi connectivity index (χ0) is 22.7. The van der Waals surface area contributed by atoms with Crippen LogP contribution in [0.1, 0.15) is 32.4 Å². The van der Waals surface area contributed by atoms with Crippen LogP contribution in [0, 0.1) is 0 Å². The first kappa shape index (κ1) is 28.1. The number of aliphatic hydroxyl groups excluding tert-OH is 1. The molecule has 0 amide bonds. The predicted molar refractivity (Wildman–Crippen MR) is 136 cm³/mol. The molecule has 9 nitrogen and oxygen atoms in total. The standard InChI is InChI=1S/C21H31N5O4S.HI/c1-4-23-21(24-11-12-26-31(28,29)19-9-6-10-22-14-19)25-15-20(27)17-7-5-8-18(13-17)30-16(2)3;/h5-10,13-14,16,20,26-27H,4,11-12,15H2,1-3H3,(H2,23,24,25);1H. The highest BCUT2D eigenvalue weighted by atomic mass is 127. The van der Waals surface area contributed by atoms with E-state index in [1.165, 1.54) is 18.5 Å². The molecule has 0 radical (unpaired) electrons. The van der Waals surface area contributed by atoms with Crippen LogP contribution in [0.25, 0.3) is 0 Å². The van der Waals surface area contributed by atoms with Crippen molar-refractivity contribution in [2.75, 3.05) is 26.2 Å². The topological polar surface area (TPSA) is 125 Å². The number of hydrogen-bond acceptors (Lipinski definition) is 6. The zero-order valence-corrected chi connectivity index (χ0v) is 21.6. The molecule has 1 aromatic heterocycles. The van der Waals surface area contributed by atoms with Crippen LogP contribution in [-0.2, 0) is 10.0 Å². The lowest BCUT2D eigenvalue weighted by molar-refractivity contribution is 0.185. The average Bonchev–Trinajstić information content (AvgIpc) is 2.75. The second-order valence-corrected chi connectivity index (χ2v) is 8.75. The van der Waals surface area contributed by atoms with Crippen molar-refractivity contribution in [3.8, 4) is 5.75 Å². The number of halogens is 1. The number of nitrogens with zero attached hydrogens (tertiary/aromatic N) is 2. The second kappa shape index (κ2) is 14.2. The number of aliphatic imine (C=N–C) groups is 1. The van der Waals surface area contributed by atoms with Gasteiger partial charge in [0.1, 0.15) is 10.6 Å². The lowest BCUT2D eigenvalue weighted by atomic mass is 10.1. The Balaban J connectivity index is 0.00000512. The highest BCUT2D eigenvalue weighted by molar-refractivity contribution is 14.0. The molecule has 0 spiro atoms. The minimum Gasteiger partial charge on any atom is -0.491 e. The van der Waals surface area contributed by atoms with Crippen molar-refractivity contribution in [1.82, 2.24) is 20.3 Å². The number of benzene rings is 1. The molecule has 1 heterocycles. The Kier molecular flexibility index (Phi) is 12.5. The Morgan fingerprint density at radius 2 is 1.97 bits per heavy atom. The van der Waals surface area contributed by atoms with Gasteiger partial charge >= 0.3 is 0 Å². The Morgan fingerprint density at radius 1 is 1.19 bits per heavy atom.